The number of nitrogens with zero attached hydrogens (tertiary/aromatic N) is 2. The fourth-order valence-corrected chi connectivity index (χ4v) is 4.77. The van der Waals surface area contributed by atoms with Crippen LogP contribution in [0.3, 0.4) is 0 Å². The fraction of sp³-hybridized carbons (Fsp3) is 0.333. The molecule has 0 bridgehead atoms. The molecule has 0 radical (unpaired) electrons. The lowest BCUT2D eigenvalue weighted by Gasteiger charge is -2.30. The van der Waals surface area contributed by atoms with E-state index in [1.54, 1.807) is 11.3 Å². The molecule has 3 aromatic rings. The van der Waals surface area contributed by atoms with Crippen molar-refractivity contribution in [3.63, 3.8) is 0 Å². The molecule has 2 heterocycles. The lowest BCUT2D eigenvalue weighted by atomic mass is 9.97. The van der Waals surface area contributed by atoms with Crippen LogP contribution in [0.25, 0.3) is 10.2 Å². The second-order valence-electron chi connectivity index (χ2n) is 6.98. The summed E-state index contributed by atoms with van der Waals surface area (Å²) in [7, 11) is 0. The number of carbonyl (C=O) groups excluding carboxylic acids is 1. The van der Waals surface area contributed by atoms with Crippen LogP contribution >= 0.6 is 22.9 Å². The molecule has 0 aliphatic carbocycles. The number of benzene rings is 2. The molecule has 1 saturated heterocycles. The summed E-state index contributed by atoms with van der Waals surface area (Å²) >= 11 is 7.83. The molecule has 6 heteroatoms. The van der Waals surface area contributed by atoms with Gasteiger partial charge < -0.3 is 5.32 Å². The topological polar surface area (TPSA) is 45.2 Å². The largest absolute Gasteiger partial charge is 0.351 e. The van der Waals surface area contributed by atoms with Gasteiger partial charge >= 0.3 is 0 Å². The van der Waals surface area contributed by atoms with Crippen LogP contribution in [0.5, 0.6) is 0 Å². The van der Waals surface area contributed by atoms with Gasteiger partial charge in [-0.2, -0.15) is 0 Å². The maximum Gasteiger partial charge on any atom is 0.234 e. The van der Waals surface area contributed by atoms with E-state index in [9.17, 15) is 4.79 Å². The summed E-state index contributed by atoms with van der Waals surface area (Å²) in [6.07, 6.45) is 2.08. The van der Waals surface area contributed by atoms with Crippen molar-refractivity contribution in [2.75, 3.05) is 19.6 Å². The SMILES string of the molecule is O=C(CN1CCC(c2nc3cc(Cl)ccc3s2)CC1)NCc1ccccc1. The zero-order valence-electron chi connectivity index (χ0n) is 15.0. The summed E-state index contributed by atoms with van der Waals surface area (Å²) < 4.78 is 1.19. The van der Waals surface area contributed by atoms with Gasteiger partial charge in [-0.3, -0.25) is 9.69 Å². The number of halogens is 1. The zero-order valence-corrected chi connectivity index (χ0v) is 16.6. The highest BCUT2D eigenvalue weighted by Gasteiger charge is 2.24. The third-order valence-electron chi connectivity index (χ3n) is 5.00. The molecule has 1 aliphatic rings. The number of rotatable bonds is 5. The fourth-order valence-electron chi connectivity index (χ4n) is 3.49. The molecule has 1 amide bonds. The molecule has 4 rings (SSSR count). The second-order valence-corrected chi connectivity index (χ2v) is 8.48. The van der Waals surface area contributed by atoms with E-state index in [0.717, 1.165) is 42.0 Å². The zero-order chi connectivity index (χ0) is 18.6. The Hall–Kier alpha value is -1.95. The second kappa shape index (κ2) is 8.38. The van der Waals surface area contributed by atoms with Gasteiger partial charge in [0.2, 0.25) is 5.91 Å². The minimum Gasteiger partial charge on any atom is -0.351 e. The Kier molecular flexibility index (Phi) is 5.72. The summed E-state index contributed by atoms with van der Waals surface area (Å²) in [5, 5.41) is 4.94. The van der Waals surface area contributed by atoms with E-state index in [4.69, 9.17) is 16.6 Å². The molecule has 0 atom stereocenters. The standard InChI is InChI=1S/C21H22ClN3OS/c22-17-6-7-19-18(12-17)24-21(27-19)16-8-10-25(11-9-16)14-20(26)23-13-15-4-2-1-3-5-15/h1-7,12,16H,8-11,13-14H2,(H,23,26). The van der Waals surface area contributed by atoms with Crippen molar-refractivity contribution in [1.29, 1.82) is 0 Å². The number of likely N-dealkylation sites (tertiary alicyclic amines) is 1. The van der Waals surface area contributed by atoms with Gasteiger partial charge in [0.15, 0.2) is 0 Å². The minimum absolute atomic E-state index is 0.0898. The number of nitrogens with one attached hydrogen (secondary N) is 1. The quantitative estimate of drug-likeness (QED) is 0.689. The molecular weight excluding hydrogens is 378 g/mol. The van der Waals surface area contributed by atoms with E-state index in [2.05, 4.69) is 10.2 Å². The molecule has 4 nitrogen and oxygen atoms in total. The third-order valence-corrected chi connectivity index (χ3v) is 6.44. The van der Waals surface area contributed by atoms with Gasteiger partial charge in [0.25, 0.3) is 0 Å². The molecule has 140 valence electrons. The predicted molar refractivity (Wildman–Crippen MR) is 111 cm³/mol. The maximum atomic E-state index is 12.2. The van der Waals surface area contributed by atoms with Gasteiger partial charge in [-0.1, -0.05) is 41.9 Å². The number of hydrogen-bond acceptors (Lipinski definition) is 4. The maximum absolute atomic E-state index is 12.2. The van der Waals surface area contributed by atoms with Gasteiger partial charge in [-0.25, -0.2) is 4.98 Å². The number of fused-ring (bicyclic) bond motifs is 1. The van der Waals surface area contributed by atoms with Gasteiger partial charge in [0.05, 0.1) is 21.8 Å². The van der Waals surface area contributed by atoms with Crippen molar-refractivity contribution in [1.82, 2.24) is 15.2 Å². The number of piperidine rings is 1. The van der Waals surface area contributed by atoms with Crippen LogP contribution in [0.2, 0.25) is 5.02 Å². The molecule has 0 saturated carbocycles. The lowest BCUT2D eigenvalue weighted by Crippen LogP contribution is -2.41. The first-order valence-electron chi connectivity index (χ1n) is 9.26. The first-order chi connectivity index (χ1) is 13.2. The highest BCUT2D eigenvalue weighted by atomic mass is 35.5. The Balaban J connectivity index is 1.27. The molecule has 0 spiro atoms. The molecular formula is C21H22ClN3OS. The Morgan fingerprint density at radius 1 is 1.19 bits per heavy atom. The number of carbonyl (C=O) groups is 1. The van der Waals surface area contributed by atoms with Crippen molar-refractivity contribution >= 4 is 39.1 Å². The van der Waals surface area contributed by atoms with Crippen LogP contribution < -0.4 is 5.32 Å². The van der Waals surface area contributed by atoms with Crippen LogP contribution in [0, 0.1) is 0 Å². The summed E-state index contributed by atoms with van der Waals surface area (Å²) in [5.74, 6) is 0.566. The normalized spacial score (nSPS) is 15.9. The van der Waals surface area contributed by atoms with E-state index in [-0.39, 0.29) is 5.91 Å². The van der Waals surface area contributed by atoms with E-state index in [1.807, 2.05) is 48.5 Å². The van der Waals surface area contributed by atoms with E-state index < -0.39 is 0 Å². The van der Waals surface area contributed by atoms with Crippen LogP contribution in [0.1, 0.15) is 29.3 Å². The van der Waals surface area contributed by atoms with Crippen molar-refractivity contribution in [2.45, 2.75) is 25.3 Å². The van der Waals surface area contributed by atoms with Gasteiger partial charge in [0, 0.05) is 17.5 Å². The highest BCUT2D eigenvalue weighted by molar-refractivity contribution is 7.18. The first-order valence-corrected chi connectivity index (χ1v) is 10.5. The number of hydrogen-bond donors (Lipinski definition) is 1. The summed E-state index contributed by atoms with van der Waals surface area (Å²) in [6, 6.07) is 15.9. The number of amides is 1. The molecule has 2 aromatic carbocycles. The Bertz CT molecular complexity index is 920. The average molecular weight is 400 g/mol. The predicted octanol–water partition coefficient (Wildman–Crippen LogP) is 4.45. The van der Waals surface area contributed by atoms with Gasteiger partial charge in [0.1, 0.15) is 0 Å². The molecule has 0 unspecified atom stereocenters. The molecule has 1 N–H and O–H groups in total. The Morgan fingerprint density at radius 2 is 1.96 bits per heavy atom. The van der Waals surface area contributed by atoms with Gasteiger partial charge in [-0.05, 0) is 49.7 Å². The Morgan fingerprint density at radius 3 is 2.74 bits per heavy atom. The molecule has 27 heavy (non-hydrogen) atoms. The van der Waals surface area contributed by atoms with Crippen LogP contribution in [-0.2, 0) is 11.3 Å². The molecule has 1 fully saturated rings. The average Bonchev–Trinajstić information content (AvgIpc) is 3.11. The van der Waals surface area contributed by atoms with Crippen LogP contribution in [-0.4, -0.2) is 35.4 Å². The molecule has 1 aromatic heterocycles. The van der Waals surface area contributed by atoms with Crippen LogP contribution in [0.4, 0.5) is 0 Å². The van der Waals surface area contributed by atoms with Crippen molar-refractivity contribution < 1.29 is 4.79 Å². The first kappa shape index (κ1) is 18.4. The minimum atomic E-state index is 0.0898. The van der Waals surface area contributed by atoms with Crippen LogP contribution in [0.15, 0.2) is 48.5 Å². The van der Waals surface area contributed by atoms with E-state index in [0.29, 0.717) is 19.0 Å². The Labute approximate surface area is 168 Å². The third kappa shape index (κ3) is 4.67. The number of thiazole rings is 1. The molecule has 1 aliphatic heterocycles. The van der Waals surface area contributed by atoms with E-state index in [1.165, 1.54) is 9.71 Å². The highest BCUT2D eigenvalue weighted by Crippen LogP contribution is 2.34. The monoisotopic (exact) mass is 399 g/mol. The summed E-state index contributed by atoms with van der Waals surface area (Å²) in [5.41, 5.74) is 2.12. The van der Waals surface area contributed by atoms with Crippen molar-refractivity contribution in [3.8, 4) is 0 Å². The lowest BCUT2D eigenvalue weighted by molar-refractivity contribution is -0.122. The van der Waals surface area contributed by atoms with E-state index >= 15 is 0 Å². The van der Waals surface area contributed by atoms with Crippen molar-refractivity contribution in [3.05, 3.63) is 64.1 Å². The number of aromatic nitrogens is 1. The van der Waals surface area contributed by atoms with Gasteiger partial charge in [-0.15, -0.1) is 11.3 Å². The summed E-state index contributed by atoms with van der Waals surface area (Å²) in [4.78, 5) is 19.2. The van der Waals surface area contributed by atoms with Crippen molar-refractivity contribution in [2.24, 2.45) is 0 Å². The summed E-state index contributed by atoms with van der Waals surface area (Å²) in [6.45, 7) is 2.92. The smallest absolute Gasteiger partial charge is 0.234 e.